The third kappa shape index (κ3) is 4.42. The van der Waals surface area contributed by atoms with Crippen molar-refractivity contribution in [3.8, 4) is 0 Å². The van der Waals surface area contributed by atoms with Crippen LogP contribution in [0.5, 0.6) is 0 Å². The predicted molar refractivity (Wildman–Crippen MR) is 69.6 cm³/mol. The van der Waals surface area contributed by atoms with Crippen molar-refractivity contribution in [3.05, 3.63) is 0 Å². The van der Waals surface area contributed by atoms with Crippen molar-refractivity contribution in [2.24, 2.45) is 11.8 Å². The number of nitrogens with one attached hydrogen (secondary N) is 1. The quantitative estimate of drug-likeness (QED) is 0.715. The minimum Gasteiger partial charge on any atom is -0.314 e. The summed E-state index contributed by atoms with van der Waals surface area (Å²) in [5, 5.41) is 3.67. The molecule has 0 aromatic rings. The lowest BCUT2D eigenvalue weighted by Crippen LogP contribution is -2.28. The van der Waals surface area contributed by atoms with E-state index in [-0.39, 0.29) is 0 Å². The second kappa shape index (κ2) is 6.02. The maximum atomic E-state index is 3.67. The molecule has 0 amide bonds. The lowest BCUT2D eigenvalue weighted by Gasteiger charge is -2.16. The molecule has 0 spiro atoms. The molecule has 2 heteroatoms. The third-order valence-electron chi connectivity index (χ3n) is 3.90. The molecule has 94 valence electrons. The number of likely N-dealkylation sites (tertiary alicyclic amines) is 1. The van der Waals surface area contributed by atoms with Crippen molar-refractivity contribution in [2.75, 3.05) is 26.2 Å². The predicted octanol–water partition coefficient (Wildman–Crippen LogP) is 2.50. The molecule has 1 saturated carbocycles. The van der Waals surface area contributed by atoms with Crippen molar-refractivity contribution < 1.29 is 0 Å². The van der Waals surface area contributed by atoms with Crippen LogP contribution in [0.15, 0.2) is 0 Å². The summed E-state index contributed by atoms with van der Waals surface area (Å²) in [6.45, 7) is 9.94. The summed E-state index contributed by atoms with van der Waals surface area (Å²) < 4.78 is 0. The molecule has 0 bridgehead atoms. The van der Waals surface area contributed by atoms with Crippen LogP contribution in [0.4, 0.5) is 0 Å². The van der Waals surface area contributed by atoms with Crippen LogP contribution in [-0.2, 0) is 0 Å². The van der Waals surface area contributed by atoms with Crippen LogP contribution < -0.4 is 5.32 Å². The van der Waals surface area contributed by atoms with E-state index in [0.717, 1.165) is 17.9 Å². The summed E-state index contributed by atoms with van der Waals surface area (Å²) in [5.74, 6) is 1.80. The summed E-state index contributed by atoms with van der Waals surface area (Å²) in [4.78, 5) is 2.67. The van der Waals surface area contributed by atoms with Gasteiger partial charge in [0, 0.05) is 12.6 Å². The van der Waals surface area contributed by atoms with E-state index in [9.17, 15) is 0 Å². The fraction of sp³-hybridized carbons (Fsp3) is 1.00. The minimum absolute atomic E-state index is 0.870. The van der Waals surface area contributed by atoms with Crippen LogP contribution in [0.3, 0.4) is 0 Å². The van der Waals surface area contributed by atoms with Crippen molar-refractivity contribution in [1.29, 1.82) is 0 Å². The van der Waals surface area contributed by atoms with Crippen molar-refractivity contribution >= 4 is 0 Å². The van der Waals surface area contributed by atoms with Gasteiger partial charge in [-0.1, -0.05) is 13.8 Å². The van der Waals surface area contributed by atoms with E-state index in [1.807, 2.05) is 0 Å². The van der Waals surface area contributed by atoms with Gasteiger partial charge >= 0.3 is 0 Å². The highest BCUT2D eigenvalue weighted by Crippen LogP contribution is 2.21. The Bertz CT molecular complexity index is 199. The standard InChI is InChI=1S/C14H28N2/c1-12(2)4-3-8-16-9-7-13(11-16)10-15-14-5-6-14/h12-15H,3-11H2,1-2H3. The zero-order chi connectivity index (χ0) is 11.4. The molecule has 2 rings (SSSR count). The average molecular weight is 224 g/mol. The number of hydrogen-bond acceptors (Lipinski definition) is 2. The van der Waals surface area contributed by atoms with Crippen molar-refractivity contribution in [1.82, 2.24) is 10.2 Å². The molecule has 0 radical (unpaired) electrons. The zero-order valence-corrected chi connectivity index (χ0v) is 11.0. The van der Waals surface area contributed by atoms with E-state index < -0.39 is 0 Å². The second-order valence-electron chi connectivity index (χ2n) is 6.17. The Morgan fingerprint density at radius 3 is 2.75 bits per heavy atom. The minimum atomic E-state index is 0.870. The molecule has 1 saturated heterocycles. The second-order valence-corrected chi connectivity index (χ2v) is 6.17. The molecule has 16 heavy (non-hydrogen) atoms. The first-order valence-corrected chi connectivity index (χ1v) is 7.20. The molecule has 0 aromatic heterocycles. The van der Waals surface area contributed by atoms with Crippen LogP contribution in [0, 0.1) is 11.8 Å². The molecule has 2 aliphatic rings. The Morgan fingerprint density at radius 2 is 2.06 bits per heavy atom. The first kappa shape index (κ1) is 12.4. The van der Waals surface area contributed by atoms with Gasteiger partial charge < -0.3 is 10.2 Å². The number of hydrogen-bond donors (Lipinski definition) is 1. The van der Waals surface area contributed by atoms with Crippen LogP contribution >= 0.6 is 0 Å². The summed E-state index contributed by atoms with van der Waals surface area (Å²) >= 11 is 0. The summed E-state index contributed by atoms with van der Waals surface area (Å²) in [6.07, 6.45) is 7.04. The summed E-state index contributed by atoms with van der Waals surface area (Å²) in [5.41, 5.74) is 0. The Morgan fingerprint density at radius 1 is 1.25 bits per heavy atom. The topological polar surface area (TPSA) is 15.3 Å². The molecule has 1 heterocycles. The smallest absolute Gasteiger partial charge is 0.00683 e. The first-order chi connectivity index (χ1) is 7.74. The van der Waals surface area contributed by atoms with Crippen LogP contribution in [0.1, 0.15) is 46.0 Å². The van der Waals surface area contributed by atoms with Gasteiger partial charge in [0.2, 0.25) is 0 Å². The molecule has 2 nitrogen and oxygen atoms in total. The van der Waals surface area contributed by atoms with E-state index in [2.05, 4.69) is 24.1 Å². The van der Waals surface area contributed by atoms with E-state index in [1.165, 1.54) is 58.3 Å². The summed E-state index contributed by atoms with van der Waals surface area (Å²) in [7, 11) is 0. The van der Waals surface area contributed by atoms with Crippen molar-refractivity contribution in [3.63, 3.8) is 0 Å². The van der Waals surface area contributed by atoms with Crippen LogP contribution in [-0.4, -0.2) is 37.1 Å². The lowest BCUT2D eigenvalue weighted by molar-refractivity contribution is 0.306. The Hall–Kier alpha value is -0.0800. The monoisotopic (exact) mass is 224 g/mol. The fourth-order valence-electron chi connectivity index (χ4n) is 2.63. The number of rotatable bonds is 7. The Labute approximate surface area is 101 Å². The average Bonchev–Trinajstić information content (AvgIpc) is 2.96. The molecule has 1 N–H and O–H groups in total. The van der Waals surface area contributed by atoms with Gasteiger partial charge in [-0.25, -0.2) is 0 Å². The molecule has 1 aliphatic heterocycles. The highest BCUT2D eigenvalue weighted by Gasteiger charge is 2.25. The molecule has 1 aliphatic carbocycles. The van der Waals surface area contributed by atoms with E-state index >= 15 is 0 Å². The van der Waals surface area contributed by atoms with Crippen molar-refractivity contribution in [2.45, 2.75) is 52.0 Å². The lowest BCUT2D eigenvalue weighted by atomic mass is 10.1. The van der Waals surface area contributed by atoms with Gasteiger partial charge in [0.1, 0.15) is 0 Å². The van der Waals surface area contributed by atoms with Crippen LogP contribution in [0.25, 0.3) is 0 Å². The Balaban J connectivity index is 1.52. The number of nitrogens with zero attached hydrogens (tertiary/aromatic N) is 1. The SMILES string of the molecule is CC(C)CCCN1CCC(CNC2CC2)C1. The normalized spacial score (nSPS) is 26.8. The van der Waals surface area contributed by atoms with Crippen LogP contribution in [0.2, 0.25) is 0 Å². The van der Waals surface area contributed by atoms with Gasteiger partial charge in [-0.05, 0) is 63.6 Å². The fourth-order valence-corrected chi connectivity index (χ4v) is 2.63. The first-order valence-electron chi connectivity index (χ1n) is 7.20. The highest BCUT2D eigenvalue weighted by molar-refractivity contribution is 4.84. The molecular weight excluding hydrogens is 196 g/mol. The molecule has 1 atom stereocenters. The van der Waals surface area contributed by atoms with E-state index in [4.69, 9.17) is 0 Å². The molecule has 0 aromatic carbocycles. The van der Waals surface area contributed by atoms with E-state index in [1.54, 1.807) is 0 Å². The molecule has 1 unspecified atom stereocenters. The van der Waals surface area contributed by atoms with Gasteiger partial charge in [-0.3, -0.25) is 0 Å². The maximum Gasteiger partial charge on any atom is 0.00683 e. The van der Waals surface area contributed by atoms with E-state index in [0.29, 0.717) is 0 Å². The van der Waals surface area contributed by atoms with Gasteiger partial charge in [0.25, 0.3) is 0 Å². The van der Waals surface area contributed by atoms with Gasteiger partial charge in [0.05, 0.1) is 0 Å². The summed E-state index contributed by atoms with van der Waals surface area (Å²) in [6, 6.07) is 0.884. The zero-order valence-electron chi connectivity index (χ0n) is 11.0. The maximum absolute atomic E-state index is 3.67. The van der Waals surface area contributed by atoms with Gasteiger partial charge in [0.15, 0.2) is 0 Å². The largest absolute Gasteiger partial charge is 0.314 e. The van der Waals surface area contributed by atoms with Gasteiger partial charge in [-0.2, -0.15) is 0 Å². The molecule has 2 fully saturated rings. The Kier molecular flexibility index (Phi) is 4.66. The highest BCUT2D eigenvalue weighted by atomic mass is 15.1. The van der Waals surface area contributed by atoms with Gasteiger partial charge in [-0.15, -0.1) is 0 Å². The third-order valence-corrected chi connectivity index (χ3v) is 3.90. The molecular formula is C14H28N2.